The van der Waals surface area contributed by atoms with E-state index in [0.29, 0.717) is 36.8 Å². The molecule has 0 fully saturated rings. The van der Waals surface area contributed by atoms with E-state index in [4.69, 9.17) is 14.2 Å². The zero-order valence-electron chi connectivity index (χ0n) is 12.0. The molecule has 1 rings (SSSR count). The summed E-state index contributed by atoms with van der Waals surface area (Å²) in [5.41, 5.74) is 0.605. The van der Waals surface area contributed by atoms with Crippen molar-refractivity contribution in [2.45, 2.75) is 13.0 Å². The molecule has 0 saturated carbocycles. The lowest BCUT2D eigenvalue weighted by atomic mass is 10.1. The number of rotatable bonds is 9. The second-order valence-electron chi connectivity index (χ2n) is 4.06. The Hall–Kier alpha value is -1.79. The van der Waals surface area contributed by atoms with Crippen molar-refractivity contribution < 1.29 is 24.1 Å². The van der Waals surface area contributed by atoms with Gasteiger partial charge in [-0.25, -0.2) is 0 Å². The summed E-state index contributed by atoms with van der Waals surface area (Å²) in [4.78, 5) is 11.3. The van der Waals surface area contributed by atoms with Crippen LogP contribution in [0.3, 0.4) is 0 Å². The zero-order chi connectivity index (χ0) is 15.0. The van der Waals surface area contributed by atoms with Crippen LogP contribution in [0.15, 0.2) is 18.2 Å². The summed E-state index contributed by atoms with van der Waals surface area (Å²) in [6, 6.07) is 4.29. The molecular formula is C14H21NO5. The van der Waals surface area contributed by atoms with Crippen LogP contribution in [0.25, 0.3) is 0 Å². The molecule has 0 amide bonds. The smallest absolute Gasteiger partial charge is 0.325 e. The molecule has 1 atom stereocenters. The highest BCUT2D eigenvalue weighted by Gasteiger charge is 2.20. The van der Waals surface area contributed by atoms with Gasteiger partial charge in [0.25, 0.3) is 0 Å². The zero-order valence-corrected chi connectivity index (χ0v) is 12.0. The fourth-order valence-electron chi connectivity index (χ4n) is 1.79. The van der Waals surface area contributed by atoms with E-state index in [-0.39, 0.29) is 0 Å². The van der Waals surface area contributed by atoms with Crippen LogP contribution < -0.4 is 14.8 Å². The molecule has 2 N–H and O–H groups in total. The number of carbonyl (C=O) groups is 1. The van der Waals surface area contributed by atoms with Crippen molar-refractivity contribution in [2.24, 2.45) is 0 Å². The Kier molecular flexibility index (Phi) is 6.83. The molecule has 0 heterocycles. The Labute approximate surface area is 118 Å². The van der Waals surface area contributed by atoms with E-state index in [2.05, 4.69) is 5.32 Å². The highest BCUT2D eigenvalue weighted by atomic mass is 16.5. The van der Waals surface area contributed by atoms with Gasteiger partial charge < -0.3 is 19.3 Å². The van der Waals surface area contributed by atoms with E-state index in [0.717, 1.165) is 0 Å². The molecule has 0 aliphatic rings. The first-order chi connectivity index (χ1) is 9.63. The number of carboxylic acids is 1. The van der Waals surface area contributed by atoms with Gasteiger partial charge in [0.1, 0.15) is 6.04 Å². The molecule has 6 heteroatoms. The van der Waals surface area contributed by atoms with Gasteiger partial charge in [-0.15, -0.1) is 0 Å². The Balaban J connectivity index is 2.93. The van der Waals surface area contributed by atoms with Crippen LogP contribution in [0.4, 0.5) is 0 Å². The number of methoxy groups -OCH3 is 2. The Morgan fingerprint density at radius 1 is 1.35 bits per heavy atom. The number of carboxylic acid groups (broad SMARTS) is 1. The third kappa shape index (κ3) is 4.40. The van der Waals surface area contributed by atoms with Gasteiger partial charge in [-0.1, -0.05) is 6.07 Å². The normalized spacial score (nSPS) is 11.9. The third-order valence-corrected chi connectivity index (χ3v) is 2.72. The molecule has 0 aliphatic carbocycles. The van der Waals surface area contributed by atoms with E-state index in [1.54, 1.807) is 25.3 Å². The Morgan fingerprint density at radius 3 is 2.65 bits per heavy atom. The first-order valence-corrected chi connectivity index (χ1v) is 6.39. The minimum absolute atomic E-state index is 0.442. The highest BCUT2D eigenvalue weighted by Crippen LogP contribution is 2.30. The maximum absolute atomic E-state index is 11.3. The highest BCUT2D eigenvalue weighted by molar-refractivity contribution is 5.76. The number of hydrogen-bond donors (Lipinski definition) is 2. The number of nitrogens with one attached hydrogen (secondary N) is 1. The van der Waals surface area contributed by atoms with Gasteiger partial charge in [-0.3, -0.25) is 10.1 Å². The van der Waals surface area contributed by atoms with Crippen molar-refractivity contribution in [1.29, 1.82) is 0 Å². The SMILES string of the molecule is CCOc1ccc(C(NCCOC)C(=O)O)cc1OC. The molecule has 112 valence electrons. The Bertz CT molecular complexity index is 436. The van der Waals surface area contributed by atoms with Gasteiger partial charge in [0.05, 0.1) is 20.3 Å². The lowest BCUT2D eigenvalue weighted by molar-refractivity contribution is -0.139. The van der Waals surface area contributed by atoms with Gasteiger partial charge in [0.2, 0.25) is 0 Å². The Morgan fingerprint density at radius 2 is 2.10 bits per heavy atom. The van der Waals surface area contributed by atoms with Crippen LogP contribution >= 0.6 is 0 Å². The molecule has 0 bridgehead atoms. The largest absolute Gasteiger partial charge is 0.493 e. The van der Waals surface area contributed by atoms with Crippen LogP contribution in [-0.2, 0) is 9.53 Å². The molecule has 0 saturated heterocycles. The maximum Gasteiger partial charge on any atom is 0.325 e. The van der Waals surface area contributed by atoms with Crippen molar-refractivity contribution in [2.75, 3.05) is 34.0 Å². The van der Waals surface area contributed by atoms with Crippen molar-refractivity contribution in [3.8, 4) is 11.5 Å². The van der Waals surface area contributed by atoms with E-state index in [1.165, 1.54) is 7.11 Å². The lowest BCUT2D eigenvalue weighted by Crippen LogP contribution is -2.31. The van der Waals surface area contributed by atoms with E-state index in [1.807, 2.05) is 6.92 Å². The number of hydrogen-bond acceptors (Lipinski definition) is 5. The monoisotopic (exact) mass is 283 g/mol. The summed E-state index contributed by atoms with van der Waals surface area (Å²) in [5.74, 6) is 0.163. The van der Waals surface area contributed by atoms with Gasteiger partial charge in [-0.2, -0.15) is 0 Å². The number of aliphatic carboxylic acids is 1. The van der Waals surface area contributed by atoms with Gasteiger partial charge in [0, 0.05) is 13.7 Å². The third-order valence-electron chi connectivity index (χ3n) is 2.72. The minimum atomic E-state index is -0.952. The van der Waals surface area contributed by atoms with Gasteiger partial charge in [0.15, 0.2) is 11.5 Å². The predicted octanol–water partition coefficient (Wildman–Crippen LogP) is 1.46. The average Bonchev–Trinajstić information content (AvgIpc) is 2.44. The van der Waals surface area contributed by atoms with E-state index < -0.39 is 12.0 Å². The van der Waals surface area contributed by atoms with Crippen molar-refractivity contribution >= 4 is 5.97 Å². The second-order valence-corrected chi connectivity index (χ2v) is 4.06. The van der Waals surface area contributed by atoms with Crippen LogP contribution in [0, 0.1) is 0 Å². The summed E-state index contributed by atoms with van der Waals surface area (Å²) in [6.45, 7) is 3.28. The molecule has 0 radical (unpaired) electrons. The first-order valence-electron chi connectivity index (χ1n) is 6.39. The molecule has 0 aromatic heterocycles. The summed E-state index contributed by atoms with van der Waals surface area (Å²) in [7, 11) is 3.09. The van der Waals surface area contributed by atoms with Gasteiger partial charge >= 0.3 is 5.97 Å². The molecule has 1 unspecified atom stereocenters. The average molecular weight is 283 g/mol. The second kappa shape index (κ2) is 8.39. The fraction of sp³-hybridized carbons (Fsp3) is 0.500. The van der Waals surface area contributed by atoms with Crippen molar-refractivity contribution in [1.82, 2.24) is 5.32 Å². The van der Waals surface area contributed by atoms with E-state index in [9.17, 15) is 9.90 Å². The van der Waals surface area contributed by atoms with Crippen molar-refractivity contribution in [3.63, 3.8) is 0 Å². The minimum Gasteiger partial charge on any atom is -0.493 e. The summed E-state index contributed by atoms with van der Waals surface area (Å²) in [6.07, 6.45) is 0. The summed E-state index contributed by atoms with van der Waals surface area (Å²) in [5, 5.41) is 12.2. The van der Waals surface area contributed by atoms with E-state index >= 15 is 0 Å². The summed E-state index contributed by atoms with van der Waals surface area (Å²) >= 11 is 0. The fourth-order valence-corrected chi connectivity index (χ4v) is 1.79. The standard InChI is InChI=1S/C14H21NO5/c1-4-20-11-6-5-10(9-12(11)19-3)13(14(16)17)15-7-8-18-2/h5-6,9,13,15H,4,7-8H2,1-3H3,(H,16,17). The van der Waals surface area contributed by atoms with Crippen LogP contribution in [-0.4, -0.2) is 45.1 Å². The molecular weight excluding hydrogens is 262 g/mol. The number of ether oxygens (including phenoxy) is 3. The van der Waals surface area contributed by atoms with Crippen LogP contribution in [0.5, 0.6) is 11.5 Å². The molecule has 0 aliphatic heterocycles. The summed E-state index contributed by atoms with van der Waals surface area (Å²) < 4.78 is 15.5. The van der Waals surface area contributed by atoms with Crippen molar-refractivity contribution in [3.05, 3.63) is 23.8 Å². The topological polar surface area (TPSA) is 77.0 Å². The van der Waals surface area contributed by atoms with Crippen LogP contribution in [0.1, 0.15) is 18.5 Å². The maximum atomic E-state index is 11.3. The lowest BCUT2D eigenvalue weighted by Gasteiger charge is -2.17. The van der Waals surface area contributed by atoms with Crippen LogP contribution in [0.2, 0.25) is 0 Å². The molecule has 1 aromatic carbocycles. The predicted molar refractivity (Wildman–Crippen MR) is 74.4 cm³/mol. The molecule has 20 heavy (non-hydrogen) atoms. The molecule has 6 nitrogen and oxygen atoms in total. The van der Waals surface area contributed by atoms with Gasteiger partial charge in [-0.05, 0) is 24.6 Å². The molecule has 1 aromatic rings. The number of benzene rings is 1. The molecule has 0 spiro atoms. The quantitative estimate of drug-likeness (QED) is 0.668. The first kappa shape index (κ1) is 16.3.